The highest BCUT2D eigenvalue weighted by Gasteiger charge is 2.29. The minimum atomic E-state index is -3.96. The molecular weight excluding hydrogens is 318 g/mol. The Kier molecular flexibility index (Phi) is 4.82. The van der Waals surface area contributed by atoms with Crippen LogP contribution in [-0.4, -0.2) is 25.4 Å². The smallest absolute Gasteiger partial charge is 0.290 e. The summed E-state index contributed by atoms with van der Waals surface area (Å²) in [6, 6.07) is 3.35. The SMILES string of the molecule is NC1CCC(NS(=O)(=O)c2ccc(Cl)cc2[N+](=O)[O-])CC1. The van der Waals surface area contributed by atoms with Gasteiger partial charge in [-0.15, -0.1) is 0 Å². The second-order valence-electron chi connectivity index (χ2n) is 5.10. The van der Waals surface area contributed by atoms with Crippen molar-refractivity contribution in [2.75, 3.05) is 0 Å². The molecule has 0 saturated heterocycles. The van der Waals surface area contributed by atoms with E-state index in [1.807, 2.05) is 0 Å². The van der Waals surface area contributed by atoms with E-state index in [0.29, 0.717) is 12.8 Å². The van der Waals surface area contributed by atoms with E-state index in [0.717, 1.165) is 25.0 Å². The van der Waals surface area contributed by atoms with E-state index in [-0.39, 0.29) is 22.0 Å². The van der Waals surface area contributed by atoms with Crippen LogP contribution in [0.3, 0.4) is 0 Å². The lowest BCUT2D eigenvalue weighted by atomic mass is 9.93. The average molecular weight is 334 g/mol. The minimum absolute atomic E-state index is 0.0932. The summed E-state index contributed by atoms with van der Waals surface area (Å²) >= 11 is 5.69. The summed E-state index contributed by atoms with van der Waals surface area (Å²) in [5, 5.41) is 11.1. The summed E-state index contributed by atoms with van der Waals surface area (Å²) in [5.74, 6) is 0. The van der Waals surface area contributed by atoms with Crippen LogP contribution in [0.15, 0.2) is 23.1 Å². The molecule has 0 aliphatic heterocycles. The van der Waals surface area contributed by atoms with Crippen molar-refractivity contribution in [1.29, 1.82) is 0 Å². The van der Waals surface area contributed by atoms with Crippen molar-refractivity contribution < 1.29 is 13.3 Å². The summed E-state index contributed by atoms with van der Waals surface area (Å²) < 4.78 is 27.2. The van der Waals surface area contributed by atoms with Crippen molar-refractivity contribution in [3.8, 4) is 0 Å². The highest BCUT2D eigenvalue weighted by molar-refractivity contribution is 7.89. The number of rotatable bonds is 4. The number of halogens is 1. The Morgan fingerprint density at radius 3 is 2.48 bits per heavy atom. The lowest BCUT2D eigenvalue weighted by Gasteiger charge is -2.26. The molecule has 1 aromatic rings. The molecule has 0 radical (unpaired) electrons. The van der Waals surface area contributed by atoms with Crippen LogP contribution in [0.25, 0.3) is 0 Å². The zero-order valence-electron chi connectivity index (χ0n) is 11.2. The first-order valence-corrected chi connectivity index (χ1v) is 8.37. The van der Waals surface area contributed by atoms with Crippen molar-refractivity contribution >= 4 is 27.3 Å². The summed E-state index contributed by atoms with van der Waals surface area (Å²) in [6.07, 6.45) is 2.72. The molecule has 1 fully saturated rings. The summed E-state index contributed by atoms with van der Waals surface area (Å²) in [6.45, 7) is 0. The molecule has 0 heterocycles. The topological polar surface area (TPSA) is 115 Å². The second kappa shape index (κ2) is 6.27. The van der Waals surface area contributed by atoms with Gasteiger partial charge in [-0.05, 0) is 37.8 Å². The number of nitro benzene ring substituents is 1. The second-order valence-corrected chi connectivity index (χ2v) is 7.22. The van der Waals surface area contributed by atoms with Gasteiger partial charge in [-0.1, -0.05) is 11.6 Å². The minimum Gasteiger partial charge on any atom is -0.328 e. The number of nitro groups is 1. The first kappa shape index (κ1) is 16.2. The quantitative estimate of drug-likeness (QED) is 0.643. The molecule has 116 valence electrons. The zero-order valence-corrected chi connectivity index (χ0v) is 12.7. The zero-order chi connectivity index (χ0) is 15.6. The van der Waals surface area contributed by atoms with Crippen LogP contribution in [0, 0.1) is 10.1 Å². The van der Waals surface area contributed by atoms with Crippen LogP contribution in [-0.2, 0) is 10.0 Å². The molecule has 3 N–H and O–H groups in total. The van der Waals surface area contributed by atoms with Crippen molar-refractivity contribution in [1.82, 2.24) is 4.72 Å². The number of benzene rings is 1. The molecule has 1 saturated carbocycles. The Hall–Kier alpha value is -1.22. The monoisotopic (exact) mass is 333 g/mol. The van der Waals surface area contributed by atoms with E-state index in [9.17, 15) is 18.5 Å². The van der Waals surface area contributed by atoms with Gasteiger partial charge >= 0.3 is 0 Å². The molecule has 2 rings (SSSR count). The average Bonchev–Trinajstić information content (AvgIpc) is 2.40. The Labute approximate surface area is 127 Å². The van der Waals surface area contributed by atoms with Gasteiger partial charge in [0.1, 0.15) is 0 Å². The molecule has 0 amide bonds. The van der Waals surface area contributed by atoms with Crippen LogP contribution >= 0.6 is 11.6 Å². The normalized spacial score (nSPS) is 23.0. The fraction of sp³-hybridized carbons (Fsp3) is 0.500. The Bertz CT molecular complexity index is 642. The molecule has 0 bridgehead atoms. The maximum absolute atomic E-state index is 12.3. The Morgan fingerprint density at radius 1 is 1.29 bits per heavy atom. The maximum atomic E-state index is 12.3. The van der Waals surface area contributed by atoms with E-state index in [2.05, 4.69) is 4.72 Å². The van der Waals surface area contributed by atoms with E-state index in [1.54, 1.807) is 0 Å². The van der Waals surface area contributed by atoms with Crippen molar-refractivity contribution in [3.63, 3.8) is 0 Å². The number of hydrogen-bond donors (Lipinski definition) is 2. The van der Waals surface area contributed by atoms with Gasteiger partial charge in [0.15, 0.2) is 4.90 Å². The molecule has 1 aromatic carbocycles. The standard InChI is InChI=1S/C12H16ClN3O4S/c13-8-1-6-12(11(7-8)16(17)18)21(19,20)15-10-4-2-9(14)3-5-10/h1,6-7,9-10,15H,2-5,14H2. The van der Waals surface area contributed by atoms with E-state index in [1.165, 1.54) is 6.07 Å². The van der Waals surface area contributed by atoms with Gasteiger partial charge in [0.05, 0.1) is 4.92 Å². The molecule has 0 unspecified atom stereocenters. The summed E-state index contributed by atoms with van der Waals surface area (Å²) in [4.78, 5) is 9.87. The molecule has 21 heavy (non-hydrogen) atoms. The maximum Gasteiger partial charge on any atom is 0.290 e. The van der Waals surface area contributed by atoms with E-state index >= 15 is 0 Å². The molecule has 0 spiro atoms. The van der Waals surface area contributed by atoms with Crippen LogP contribution in [0.4, 0.5) is 5.69 Å². The third-order valence-electron chi connectivity index (χ3n) is 3.50. The lowest BCUT2D eigenvalue weighted by Crippen LogP contribution is -2.40. The molecule has 0 aromatic heterocycles. The third kappa shape index (κ3) is 3.91. The molecule has 0 atom stereocenters. The van der Waals surface area contributed by atoms with E-state index in [4.69, 9.17) is 17.3 Å². The predicted octanol–water partition coefficient (Wildman–Crippen LogP) is 1.80. The van der Waals surface area contributed by atoms with Gasteiger partial charge in [0.25, 0.3) is 5.69 Å². The van der Waals surface area contributed by atoms with Crippen LogP contribution in [0.1, 0.15) is 25.7 Å². The number of hydrogen-bond acceptors (Lipinski definition) is 5. The fourth-order valence-electron chi connectivity index (χ4n) is 2.38. The largest absolute Gasteiger partial charge is 0.328 e. The first-order valence-electron chi connectivity index (χ1n) is 6.51. The van der Waals surface area contributed by atoms with Crippen molar-refractivity contribution in [3.05, 3.63) is 33.3 Å². The molecule has 9 heteroatoms. The van der Waals surface area contributed by atoms with Crippen molar-refractivity contribution in [2.24, 2.45) is 5.73 Å². The molecule has 1 aliphatic rings. The van der Waals surface area contributed by atoms with Gasteiger partial charge in [-0.25, -0.2) is 13.1 Å². The van der Waals surface area contributed by atoms with Crippen molar-refractivity contribution in [2.45, 2.75) is 42.7 Å². The van der Waals surface area contributed by atoms with Gasteiger partial charge in [0.2, 0.25) is 10.0 Å². The van der Waals surface area contributed by atoms with E-state index < -0.39 is 20.6 Å². The van der Waals surface area contributed by atoms with Crippen LogP contribution < -0.4 is 10.5 Å². The Balaban J connectivity index is 2.25. The van der Waals surface area contributed by atoms with Crippen LogP contribution in [0.5, 0.6) is 0 Å². The fourth-order valence-corrected chi connectivity index (χ4v) is 4.00. The van der Waals surface area contributed by atoms with Gasteiger partial charge < -0.3 is 5.73 Å². The predicted molar refractivity (Wildman–Crippen MR) is 78.7 cm³/mol. The highest BCUT2D eigenvalue weighted by atomic mass is 35.5. The molecule has 7 nitrogen and oxygen atoms in total. The Morgan fingerprint density at radius 2 is 1.90 bits per heavy atom. The third-order valence-corrected chi connectivity index (χ3v) is 5.30. The summed E-state index contributed by atoms with van der Waals surface area (Å²) in [5.41, 5.74) is 5.25. The lowest BCUT2D eigenvalue weighted by molar-refractivity contribution is -0.387. The van der Waals surface area contributed by atoms with Gasteiger partial charge in [-0.3, -0.25) is 10.1 Å². The highest BCUT2D eigenvalue weighted by Crippen LogP contribution is 2.28. The number of nitrogens with zero attached hydrogens (tertiary/aromatic N) is 1. The number of sulfonamides is 1. The molecular formula is C12H16ClN3O4S. The van der Waals surface area contributed by atoms with Crippen LogP contribution in [0.2, 0.25) is 5.02 Å². The van der Waals surface area contributed by atoms with Gasteiger partial charge in [0, 0.05) is 23.2 Å². The molecule has 1 aliphatic carbocycles. The first-order chi connectivity index (χ1) is 9.79. The van der Waals surface area contributed by atoms with Gasteiger partial charge in [-0.2, -0.15) is 0 Å². The number of nitrogens with two attached hydrogens (primary N) is 1. The summed E-state index contributed by atoms with van der Waals surface area (Å²) in [7, 11) is -3.96. The number of nitrogens with one attached hydrogen (secondary N) is 1.